The van der Waals surface area contributed by atoms with Gasteiger partial charge in [0.2, 0.25) is 5.91 Å². The van der Waals surface area contributed by atoms with Crippen LogP contribution in [-0.4, -0.2) is 46.0 Å². The third kappa shape index (κ3) is 4.25. The first kappa shape index (κ1) is 20.1. The minimum absolute atomic E-state index is 0.0286. The van der Waals surface area contributed by atoms with E-state index in [-0.39, 0.29) is 25.0 Å². The Balaban J connectivity index is 1.72. The Hall–Kier alpha value is -2.67. The molecule has 1 aromatic heterocycles. The Morgan fingerprint density at radius 3 is 2.57 bits per heavy atom. The first-order valence-electron chi connectivity index (χ1n) is 9.57. The third-order valence-electron chi connectivity index (χ3n) is 5.52. The Kier molecular flexibility index (Phi) is 6.14. The van der Waals surface area contributed by atoms with Crippen LogP contribution in [-0.2, 0) is 20.9 Å². The molecule has 1 aliphatic carbocycles. The van der Waals surface area contributed by atoms with Gasteiger partial charge >= 0.3 is 5.97 Å². The number of aliphatic hydroxyl groups excluding tert-OH is 1. The number of nitrogens with one attached hydrogen (secondary N) is 1. The predicted octanol–water partition coefficient (Wildman–Crippen LogP) is 2.07. The molecule has 28 heavy (non-hydrogen) atoms. The Morgan fingerprint density at radius 1 is 1.29 bits per heavy atom. The highest BCUT2D eigenvalue weighted by Crippen LogP contribution is 2.33. The van der Waals surface area contributed by atoms with E-state index in [4.69, 9.17) is 4.74 Å². The van der Waals surface area contributed by atoms with Crippen LogP contribution in [0.2, 0.25) is 0 Å². The zero-order valence-electron chi connectivity index (χ0n) is 16.4. The topological polar surface area (TPSA) is 93.5 Å². The lowest BCUT2D eigenvalue weighted by atomic mass is 9.76. The van der Waals surface area contributed by atoms with Crippen LogP contribution in [0, 0.1) is 12.8 Å². The molecule has 1 aromatic carbocycles. The minimum atomic E-state index is -1.03. The number of aryl methyl sites for hydroxylation is 1. The fraction of sp³-hybridized carbons (Fsp3) is 0.476. The van der Waals surface area contributed by atoms with E-state index in [0.717, 1.165) is 17.0 Å². The van der Waals surface area contributed by atoms with E-state index in [0.29, 0.717) is 25.7 Å². The number of ether oxygens (including phenoxy) is 1. The molecule has 1 saturated carbocycles. The lowest BCUT2D eigenvalue weighted by Crippen LogP contribution is -2.57. The second kappa shape index (κ2) is 8.56. The number of rotatable bonds is 6. The highest BCUT2D eigenvalue weighted by atomic mass is 16.5. The molecule has 2 aromatic rings. The zero-order chi connectivity index (χ0) is 20.1. The van der Waals surface area contributed by atoms with Gasteiger partial charge in [-0.1, -0.05) is 30.3 Å². The average molecular weight is 385 g/mol. The van der Waals surface area contributed by atoms with Crippen molar-refractivity contribution in [2.24, 2.45) is 5.92 Å². The number of methoxy groups -OCH3 is 1. The van der Waals surface area contributed by atoms with Crippen LogP contribution in [0.25, 0.3) is 11.3 Å². The van der Waals surface area contributed by atoms with Crippen LogP contribution in [0.4, 0.5) is 0 Å². The van der Waals surface area contributed by atoms with Crippen molar-refractivity contribution in [3.63, 3.8) is 0 Å². The molecule has 1 amide bonds. The summed E-state index contributed by atoms with van der Waals surface area (Å²) in [6.07, 6.45) is 2.27. The predicted molar refractivity (Wildman–Crippen MR) is 104 cm³/mol. The number of aliphatic hydroxyl groups is 1. The van der Waals surface area contributed by atoms with E-state index in [1.807, 2.05) is 43.3 Å². The summed E-state index contributed by atoms with van der Waals surface area (Å²) in [5.74, 6) is -0.547. The van der Waals surface area contributed by atoms with E-state index in [1.165, 1.54) is 7.11 Å². The smallest absolute Gasteiger partial charge is 0.331 e. The number of carbonyl (C=O) groups is 2. The van der Waals surface area contributed by atoms with Crippen molar-refractivity contribution in [3.05, 3.63) is 42.1 Å². The normalized spacial score (nSPS) is 21.9. The quantitative estimate of drug-likeness (QED) is 0.743. The molecule has 0 atom stereocenters. The highest BCUT2D eigenvalue weighted by molar-refractivity contribution is 5.88. The molecule has 1 fully saturated rings. The fourth-order valence-corrected chi connectivity index (χ4v) is 3.79. The summed E-state index contributed by atoms with van der Waals surface area (Å²) in [6.45, 7) is 2.02. The Labute approximate surface area is 164 Å². The second-order valence-electron chi connectivity index (χ2n) is 7.44. The van der Waals surface area contributed by atoms with Gasteiger partial charge in [-0.25, -0.2) is 4.79 Å². The molecule has 0 aliphatic heterocycles. The summed E-state index contributed by atoms with van der Waals surface area (Å²) in [5, 5.41) is 16.8. The lowest BCUT2D eigenvalue weighted by molar-refractivity contribution is -0.153. The van der Waals surface area contributed by atoms with Gasteiger partial charge in [0.05, 0.1) is 12.8 Å². The summed E-state index contributed by atoms with van der Waals surface area (Å²) in [7, 11) is 1.33. The van der Waals surface area contributed by atoms with E-state index < -0.39 is 11.5 Å². The molecule has 150 valence electrons. The van der Waals surface area contributed by atoms with Crippen LogP contribution in [0.5, 0.6) is 0 Å². The number of benzene rings is 1. The summed E-state index contributed by atoms with van der Waals surface area (Å²) in [5.41, 5.74) is 1.63. The maximum absolute atomic E-state index is 12.7. The zero-order valence-corrected chi connectivity index (χ0v) is 16.4. The van der Waals surface area contributed by atoms with E-state index in [2.05, 4.69) is 10.4 Å². The summed E-state index contributed by atoms with van der Waals surface area (Å²) < 4.78 is 6.60. The molecule has 0 spiro atoms. The lowest BCUT2D eigenvalue weighted by Gasteiger charge is -2.37. The van der Waals surface area contributed by atoms with Gasteiger partial charge in [0.1, 0.15) is 12.1 Å². The number of aromatic nitrogens is 2. The molecule has 1 aliphatic rings. The molecule has 1 heterocycles. The first-order valence-corrected chi connectivity index (χ1v) is 9.57. The van der Waals surface area contributed by atoms with Gasteiger partial charge in [0, 0.05) is 17.9 Å². The van der Waals surface area contributed by atoms with Gasteiger partial charge in [-0.3, -0.25) is 9.48 Å². The Bertz CT molecular complexity index is 823. The van der Waals surface area contributed by atoms with Crippen molar-refractivity contribution in [1.29, 1.82) is 0 Å². The van der Waals surface area contributed by atoms with Gasteiger partial charge in [-0.05, 0) is 44.6 Å². The summed E-state index contributed by atoms with van der Waals surface area (Å²) in [4.78, 5) is 25.1. The van der Waals surface area contributed by atoms with Crippen molar-refractivity contribution in [2.45, 2.75) is 44.7 Å². The van der Waals surface area contributed by atoms with Gasteiger partial charge in [0.25, 0.3) is 0 Å². The largest absolute Gasteiger partial charge is 0.467 e. The first-order chi connectivity index (χ1) is 13.5. The number of nitrogens with zero attached hydrogens (tertiary/aromatic N) is 2. The molecule has 0 saturated heterocycles. The molecule has 0 unspecified atom stereocenters. The van der Waals surface area contributed by atoms with Crippen LogP contribution in [0.3, 0.4) is 0 Å². The summed E-state index contributed by atoms with van der Waals surface area (Å²) in [6, 6.07) is 11.7. The molecule has 2 N–H and O–H groups in total. The van der Waals surface area contributed by atoms with E-state index in [9.17, 15) is 14.7 Å². The van der Waals surface area contributed by atoms with E-state index in [1.54, 1.807) is 4.68 Å². The van der Waals surface area contributed by atoms with Crippen molar-refractivity contribution < 1.29 is 19.4 Å². The number of amides is 1. The van der Waals surface area contributed by atoms with Gasteiger partial charge in [-0.15, -0.1) is 0 Å². The average Bonchev–Trinajstić information content (AvgIpc) is 3.08. The SMILES string of the molecule is COC(=O)C1(NC(=O)Cn2nc(-c3ccccc3)cc2C)CCC(CO)CC1. The van der Waals surface area contributed by atoms with Crippen LogP contribution < -0.4 is 5.32 Å². The van der Waals surface area contributed by atoms with Gasteiger partial charge in [0.15, 0.2) is 0 Å². The van der Waals surface area contributed by atoms with Gasteiger partial charge < -0.3 is 15.2 Å². The second-order valence-corrected chi connectivity index (χ2v) is 7.44. The molecule has 7 heteroatoms. The van der Waals surface area contributed by atoms with Crippen molar-refractivity contribution in [1.82, 2.24) is 15.1 Å². The Morgan fingerprint density at radius 2 is 1.96 bits per heavy atom. The number of carbonyl (C=O) groups excluding carboxylic acids is 2. The van der Waals surface area contributed by atoms with Crippen molar-refractivity contribution in [3.8, 4) is 11.3 Å². The van der Waals surface area contributed by atoms with Crippen molar-refractivity contribution in [2.75, 3.05) is 13.7 Å². The molecule has 0 radical (unpaired) electrons. The van der Waals surface area contributed by atoms with Crippen molar-refractivity contribution >= 4 is 11.9 Å². The molecule has 0 bridgehead atoms. The van der Waals surface area contributed by atoms with Crippen LogP contribution >= 0.6 is 0 Å². The molecule has 7 nitrogen and oxygen atoms in total. The molecular formula is C21H27N3O4. The summed E-state index contributed by atoms with van der Waals surface area (Å²) >= 11 is 0. The highest BCUT2D eigenvalue weighted by Gasteiger charge is 2.44. The standard InChI is InChI=1S/C21H27N3O4/c1-15-12-18(17-6-4-3-5-7-17)23-24(15)13-19(26)22-21(20(27)28-2)10-8-16(14-25)9-11-21/h3-7,12,16,25H,8-11,13-14H2,1-2H3,(H,22,26). The van der Waals surface area contributed by atoms with E-state index >= 15 is 0 Å². The number of hydrogen-bond donors (Lipinski definition) is 2. The van der Waals surface area contributed by atoms with Gasteiger partial charge in [-0.2, -0.15) is 5.10 Å². The number of hydrogen-bond acceptors (Lipinski definition) is 5. The minimum Gasteiger partial charge on any atom is -0.467 e. The fourth-order valence-electron chi connectivity index (χ4n) is 3.79. The third-order valence-corrected chi connectivity index (χ3v) is 5.52. The maximum atomic E-state index is 12.7. The van der Waals surface area contributed by atoms with Crippen LogP contribution in [0.15, 0.2) is 36.4 Å². The molecular weight excluding hydrogens is 358 g/mol. The monoisotopic (exact) mass is 385 g/mol. The van der Waals surface area contributed by atoms with Crippen LogP contribution in [0.1, 0.15) is 31.4 Å². The number of esters is 1. The molecule has 3 rings (SSSR count). The maximum Gasteiger partial charge on any atom is 0.331 e.